The summed E-state index contributed by atoms with van der Waals surface area (Å²) in [5, 5.41) is 0.839. The minimum atomic E-state index is -0.533. The Kier molecular flexibility index (Phi) is 6.16. The van der Waals surface area contributed by atoms with Gasteiger partial charge in [0.2, 0.25) is 0 Å². The van der Waals surface area contributed by atoms with E-state index in [0.717, 1.165) is 20.8 Å². The largest absolute Gasteiger partial charge is 0.452 e. The van der Waals surface area contributed by atoms with Crippen LogP contribution in [0.4, 0.5) is 0 Å². The number of rotatable bonds is 7. The van der Waals surface area contributed by atoms with Gasteiger partial charge in [-0.25, -0.2) is 9.78 Å². The number of methoxy groups -OCH3 is 1. The SMILES string of the molecule is COCc1cccc(C(=O)OCC(=O)N(C)Cc2nc3ccccc3s2)c1. The monoisotopic (exact) mass is 384 g/mol. The highest BCUT2D eigenvalue weighted by Crippen LogP contribution is 2.22. The zero-order valence-electron chi connectivity index (χ0n) is 15.2. The van der Waals surface area contributed by atoms with Crippen molar-refractivity contribution in [1.29, 1.82) is 0 Å². The Morgan fingerprint density at radius 1 is 1.15 bits per heavy atom. The molecule has 7 heteroatoms. The molecule has 2 aromatic carbocycles. The zero-order valence-corrected chi connectivity index (χ0v) is 16.0. The van der Waals surface area contributed by atoms with Gasteiger partial charge in [0.05, 0.1) is 28.9 Å². The molecule has 0 bridgehead atoms. The molecule has 0 radical (unpaired) electrons. The van der Waals surface area contributed by atoms with Crippen LogP contribution >= 0.6 is 11.3 Å². The molecule has 1 amide bonds. The van der Waals surface area contributed by atoms with E-state index in [1.807, 2.05) is 30.3 Å². The third kappa shape index (κ3) is 4.90. The molecule has 0 N–H and O–H groups in total. The van der Waals surface area contributed by atoms with Crippen molar-refractivity contribution >= 4 is 33.4 Å². The Morgan fingerprint density at radius 3 is 2.74 bits per heavy atom. The van der Waals surface area contributed by atoms with Gasteiger partial charge in [-0.2, -0.15) is 0 Å². The minimum Gasteiger partial charge on any atom is -0.452 e. The highest BCUT2D eigenvalue weighted by Gasteiger charge is 2.15. The fraction of sp³-hybridized carbons (Fsp3) is 0.250. The Balaban J connectivity index is 1.55. The van der Waals surface area contributed by atoms with E-state index in [2.05, 4.69) is 4.98 Å². The van der Waals surface area contributed by atoms with Crippen molar-refractivity contribution in [3.05, 3.63) is 64.7 Å². The topological polar surface area (TPSA) is 68.7 Å². The van der Waals surface area contributed by atoms with Crippen molar-refractivity contribution in [2.75, 3.05) is 20.8 Å². The fourth-order valence-electron chi connectivity index (χ4n) is 2.55. The van der Waals surface area contributed by atoms with Gasteiger partial charge in [0.1, 0.15) is 5.01 Å². The van der Waals surface area contributed by atoms with E-state index in [1.165, 1.54) is 4.90 Å². The van der Waals surface area contributed by atoms with Crippen molar-refractivity contribution in [2.24, 2.45) is 0 Å². The lowest BCUT2D eigenvalue weighted by Gasteiger charge is -2.15. The summed E-state index contributed by atoms with van der Waals surface area (Å²) in [6.07, 6.45) is 0. The van der Waals surface area contributed by atoms with E-state index >= 15 is 0 Å². The van der Waals surface area contributed by atoms with E-state index in [9.17, 15) is 9.59 Å². The molecule has 0 fully saturated rings. The molecule has 3 rings (SSSR count). The number of thiazole rings is 1. The van der Waals surface area contributed by atoms with E-state index < -0.39 is 5.97 Å². The quantitative estimate of drug-likeness (QED) is 0.585. The number of aromatic nitrogens is 1. The Morgan fingerprint density at radius 2 is 1.96 bits per heavy atom. The van der Waals surface area contributed by atoms with Gasteiger partial charge in [-0.05, 0) is 29.8 Å². The maximum atomic E-state index is 12.3. The third-order valence-corrected chi connectivity index (χ3v) is 4.96. The molecule has 0 spiro atoms. The second-order valence-electron chi connectivity index (χ2n) is 6.03. The summed E-state index contributed by atoms with van der Waals surface area (Å²) in [5.41, 5.74) is 2.18. The molecule has 0 aliphatic rings. The number of benzene rings is 2. The second-order valence-corrected chi connectivity index (χ2v) is 7.15. The molecule has 3 aromatic rings. The molecule has 0 unspecified atom stereocenters. The van der Waals surface area contributed by atoms with Gasteiger partial charge < -0.3 is 14.4 Å². The number of nitrogens with zero attached hydrogens (tertiary/aromatic N) is 2. The number of hydrogen-bond donors (Lipinski definition) is 0. The molecule has 0 aliphatic heterocycles. The van der Waals surface area contributed by atoms with Crippen LogP contribution < -0.4 is 0 Å². The average Bonchev–Trinajstić information content (AvgIpc) is 3.08. The number of carbonyl (C=O) groups excluding carboxylic acids is 2. The first-order valence-corrected chi connectivity index (χ1v) is 9.22. The van der Waals surface area contributed by atoms with Crippen molar-refractivity contribution in [2.45, 2.75) is 13.2 Å². The van der Waals surface area contributed by atoms with E-state index in [0.29, 0.717) is 18.7 Å². The molecule has 0 aliphatic carbocycles. The van der Waals surface area contributed by atoms with E-state index in [-0.39, 0.29) is 12.5 Å². The first-order valence-electron chi connectivity index (χ1n) is 8.40. The van der Waals surface area contributed by atoms with Crippen molar-refractivity contribution in [1.82, 2.24) is 9.88 Å². The fourth-order valence-corrected chi connectivity index (χ4v) is 3.58. The third-order valence-electron chi connectivity index (χ3n) is 3.94. The van der Waals surface area contributed by atoms with E-state index in [4.69, 9.17) is 9.47 Å². The van der Waals surface area contributed by atoms with Gasteiger partial charge in [0.25, 0.3) is 5.91 Å². The number of fused-ring (bicyclic) bond motifs is 1. The molecule has 0 atom stereocenters. The Hall–Kier alpha value is -2.77. The second kappa shape index (κ2) is 8.75. The van der Waals surface area contributed by atoms with Crippen LogP contribution in [-0.2, 0) is 27.4 Å². The minimum absolute atomic E-state index is 0.282. The van der Waals surface area contributed by atoms with Crippen molar-refractivity contribution < 1.29 is 19.1 Å². The number of esters is 1. The molecular weight excluding hydrogens is 364 g/mol. The summed E-state index contributed by atoms with van der Waals surface area (Å²) in [6.45, 7) is 0.471. The number of amides is 1. The molecule has 140 valence electrons. The van der Waals surface area contributed by atoms with Gasteiger partial charge in [0.15, 0.2) is 6.61 Å². The number of hydrogen-bond acceptors (Lipinski definition) is 6. The standard InChI is InChI=1S/C20H20N2O4S/c1-22(11-18-21-16-8-3-4-9-17(16)27-18)19(23)13-26-20(24)15-7-5-6-14(10-15)12-25-2/h3-10H,11-13H2,1-2H3. The van der Waals surface area contributed by atoms with Crippen LogP contribution in [0.15, 0.2) is 48.5 Å². The molecule has 0 saturated carbocycles. The van der Waals surface area contributed by atoms with Crippen molar-refractivity contribution in [3.63, 3.8) is 0 Å². The van der Waals surface area contributed by atoms with Crippen LogP contribution in [0.2, 0.25) is 0 Å². The lowest BCUT2D eigenvalue weighted by molar-refractivity contribution is -0.133. The van der Waals surface area contributed by atoms with Gasteiger partial charge >= 0.3 is 5.97 Å². The van der Waals surface area contributed by atoms with Crippen LogP contribution in [0, 0.1) is 0 Å². The molecule has 6 nitrogen and oxygen atoms in total. The first kappa shape index (κ1) is 19.0. The molecule has 27 heavy (non-hydrogen) atoms. The van der Waals surface area contributed by atoms with Crippen LogP contribution in [0.1, 0.15) is 20.9 Å². The first-order chi connectivity index (χ1) is 13.1. The van der Waals surface area contributed by atoms with Crippen LogP contribution in [0.25, 0.3) is 10.2 Å². The maximum absolute atomic E-state index is 12.3. The molecule has 0 saturated heterocycles. The lowest BCUT2D eigenvalue weighted by Crippen LogP contribution is -2.30. The predicted octanol–water partition coefficient (Wildman–Crippen LogP) is 3.26. The highest BCUT2D eigenvalue weighted by atomic mass is 32.1. The van der Waals surface area contributed by atoms with Gasteiger partial charge in [0, 0.05) is 14.2 Å². The summed E-state index contributed by atoms with van der Waals surface area (Å²) >= 11 is 1.55. The summed E-state index contributed by atoms with van der Waals surface area (Å²) < 4.78 is 11.3. The number of ether oxygens (including phenoxy) is 2. The van der Waals surface area contributed by atoms with Gasteiger partial charge in [-0.15, -0.1) is 11.3 Å². The number of likely N-dealkylation sites (N-methyl/N-ethyl adjacent to an activating group) is 1. The molecule has 1 aromatic heterocycles. The maximum Gasteiger partial charge on any atom is 0.338 e. The van der Waals surface area contributed by atoms with Crippen LogP contribution in [-0.4, -0.2) is 42.5 Å². The summed E-state index contributed by atoms with van der Waals surface area (Å²) in [6, 6.07) is 14.8. The van der Waals surface area contributed by atoms with Crippen LogP contribution in [0.3, 0.4) is 0 Å². The van der Waals surface area contributed by atoms with E-state index in [1.54, 1.807) is 43.7 Å². The summed E-state index contributed by atoms with van der Waals surface area (Å²) in [7, 11) is 3.26. The van der Waals surface area contributed by atoms with Crippen LogP contribution in [0.5, 0.6) is 0 Å². The molecule has 1 heterocycles. The van der Waals surface area contributed by atoms with Crippen molar-refractivity contribution in [3.8, 4) is 0 Å². The Labute approximate surface area is 161 Å². The highest BCUT2D eigenvalue weighted by molar-refractivity contribution is 7.18. The summed E-state index contributed by atoms with van der Waals surface area (Å²) in [5.74, 6) is -0.814. The Bertz CT molecular complexity index is 921. The zero-order chi connectivity index (χ0) is 19.2. The smallest absolute Gasteiger partial charge is 0.338 e. The number of para-hydroxylation sites is 1. The normalized spacial score (nSPS) is 10.7. The predicted molar refractivity (Wildman–Crippen MR) is 104 cm³/mol. The summed E-state index contributed by atoms with van der Waals surface area (Å²) in [4.78, 5) is 30.4. The van der Waals surface area contributed by atoms with Gasteiger partial charge in [-0.1, -0.05) is 24.3 Å². The van der Waals surface area contributed by atoms with Gasteiger partial charge in [-0.3, -0.25) is 4.79 Å². The average molecular weight is 384 g/mol. The lowest BCUT2D eigenvalue weighted by atomic mass is 10.1. The molecular formula is C20H20N2O4S. The number of carbonyl (C=O) groups is 2.